The Labute approximate surface area is 49.1 Å². The van der Waals surface area contributed by atoms with Crippen LogP contribution in [-0.4, -0.2) is 6.54 Å². The molecule has 1 aliphatic heterocycles. The number of hydrogen-bond donors (Lipinski definition) is 3. The molecule has 0 atom stereocenters. The number of hydrazine groups is 2. The van der Waals surface area contributed by atoms with Crippen molar-refractivity contribution in [2.45, 2.75) is 13.8 Å². The summed E-state index contributed by atoms with van der Waals surface area (Å²) in [6.45, 7) is 5.07. The van der Waals surface area contributed by atoms with Gasteiger partial charge in [0.2, 0.25) is 0 Å². The van der Waals surface area contributed by atoms with Crippen LogP contribution in [0.2, 0.25) is 0 Å². The van der Waals surface area contributed by atoms with Gasteiger partial charge in [0.1, 0.15) is 0 Å². The third-order valence-corrected chi connectivity index (χ3v) is 1.33. The molecule has 46 valence electrons. The van der Waals surface area contributed by atoms with Gasteiger partial charge in [-0.05, 0) is 19.4 Å². The predicted molar refractivity (Wildman–Crippen MR) is 32.6 cm³/mol. The largest absolute Gasteiger partial charge is 0.313 e. The smallest absolute Gasteiger partial charge is 0.0345 e. The van der Waals surface area contributed by atoms with E-state index in [-0.39, 0.29) is 0 Å². The third-order valence-electron chi connectivity index (χ3n) is 1.33. The molecule has 0 aromatic carbocycles. The van der Waals surface area contributed by atoms with Crippen molar-refractivity contribution in [3.63, 3.8) is 0 Å². The number of rotatable bonds is 0. The average molecular weight is 113 g/mol. The first-order valence-electron chi connectivity index (χ1n) is 2.71. The molecule has 3 N–H and O–H groups in total. The summed E-state index contributed by atoms with van der Waals surface area (Å²) in [6.07, 6.45) is 0. The maximum Gasteiger partial charge on any atom is 0.0345 e. The van der Waals surface area contributed by atoms with Crippen LogP contribution in [0.5, 0.6) is 0 Å². The maximum atomic E-state index is 2.95. The molecule has 1 heterocycles. The van der Waals surface area contributed by atoms with E-state index in [2.05, 4.69) is 23.3 Å². The molecular weight excluding hydrogens is 102 g/mol. The highest BCUT2D eigenvalue weighted by Crippen LogP contribution is 1.97. The van der Waals surface area contributed by atoms with E-state index in [9.17, 15) is 0 Å². The van der Waals surface area contributed by atoms with Crippen LogP contribution in [0.3, 0.4) is 0 Å². The van der Waals surface area contributed by atoms with Crippen molar-refractivity contribution in [1.82, 2.24) is 16.4 Å². The first-order valence-corrected chi connectivity index (χ1v) is 2.71. The molecule has 0 fully saturated rings. The number of allylic oxidation sites excluding steroid dienone is 1. The minimum absolute atomic E-state index is 0.929. The average Bonchev–Trinajstić information content (AvgIpc) is 1.77. The Kier molecular flexibility index (Phi) is 1.50. The lowest BCUT2D eigenvalue weighted by molar-refractivity contribution is 0.460. The van der Waals surface area contributed by atoms with E-state index in [4.69, 9.17) is 0 Å². The van der Waals surface area contributed by atoms with Crippen molar-refractivity contribution >= 4 is 0 Å². The van der Waals surface area contributed by atoms with Crippen molar-refractivity contribution in [2.75, 3.05) is 6.54 Å². The van der Waals surface area contributed by atoms with E-state index in [0.29, 0.717) is 0 Å². The molecular formula is C5H11N3. The van der Waals surface area contributed by atoms with Gasteiger partial charge in [0.25, 0.3) is 0 Å². The first-order chi connectivity index (χ1) is 3.80. The van der Waals surface area contributed by atoms with Crippen molar-refractivity contribution in [3.8, 4) is 0 Å². The molecule has 0 saturated heterocycles. The van der Waals surface area contributed by atoms with Crippen LogP contribution in [0.25, 0.3) is 0 Å². The lowest BCUT2D eigenvalue weighted by atomic mass is 10.2. The summed E-state index contributed by atoms with van der Waals surface area (Å²) in [4.78, 5) is 0. The van der Waals surface area contributed by atoms with Crippen LogP contribution in [0.15, 0.2) is 11.3 Å². The Balaban J connectivity index is 2.60. The number of hydrogen-bond acceptors (Lipinski definition) is 3. The zero-order valence-corrected chi connectivity index (χ0v) is 5.21. The normalized spacial score (nSPS) is 20.8. The minimum Gasteiger partial charge on any atom is -0.313 e. The molecule has 0 aliphatic carbocycles. The van der Waals surface area contributed by atoms with Gasteiger partial charge in [0.05, 0.1) is 0 Å². The Morgan fingerprint density at radius 2 is 2.12 bits per heavy atom. The van der Waals surface area contributed by atoms with Crippen molar-refractivity contribution in [2.24, 2.45) is 0 Å². The molecule has 8 heavy (non-hydrogen) atoms. The van der Waals surface area contributed by atoms with Crippen LogP contribution >= 0.6 is 0 Å². The highest BCUT2D eigenvalue weighted by atomic mass is 15.6. The minimum atomic E-state index is 0.929. The maximum absolute atomic E-state index is 2.95. The van der Waals surface area contributed by atoms with E-state index < -0.39 is 0 Å². The van der Waals surface area contributed by atoms with Crippen LogP contribution in [0, 0.1) is 0 Å². The van der Waals surface area contributed by atoms with Gasteiger partial charge in [0.15, 0.2) is 0 Å². The Morgan fingerprint density at radius 1 is 1.38 bits per heavy atom. The van der Waals surface area contributed by atoms with Crippen LogP contribution < -0.4 is 16.4 Å². The summed E-state index contributed by atoms with van der Waals surface area (Å²) in [5, 5.41) is 0. The SMILES string of the molecule is CC1=C(C)NNNC1. The van der Waals surface area contributed by atoms with Gasteiger partial charge in [0, 0.05) is 12.2 Å². The molecule has 1 aliphatic rings. The van der Waals surface area contributed by atoms with Gasteiger partial charge < -0.3 is 5.43 Å². The summed E-state index contributed by atoms with van der Waals surface area (Å²) in [5.41, 5.74) is 11.3. The fraction of sp³-hybridized carbons (Fsp3) is 0.600. The molecule has 0 bridgehead atoms. The first kappa shape index (κ1) is 5.59. The van der Waals surface area contributed by atoms with E-state index in [1.807, 2.05) is 6.92 Å². The fourth-order valence-electron chi connectivity index (χ4n) is 0.554. The van der Waals surface area contributed by atoms with Gasteiger partial charge in [-0.3, -0.25) is 0 Å². The predicted octanol–water partition coefficient (Wildman–Crippen LogP) is -0.107. The monoisotopic (exact) mass is 113 g/mol. The molecule has 3 heteroatoms. The van der Waals surface area contributed by atoms with Gasteiger partial charge in [-0.15, -0.1) is 0 Å². The number of nitrogens with one attached hydrogen (secondary N) is 3. The van der Waals surface area contributed by atoms with Gasteiger partial charge in [-0.1, -0.05) is 0 Å². The van der Waals surface area contributed by atoms with E-state index in [1.165, 1.54) is 11.3 Å². The molecule has 0 spiro atoms. The molecule has 0 saturated carbocycles. The van der Waals surface area contributed by atoms with E-state index in [0.717, 1.165) is 6.54 Å². The van der Waals surface area contributed by atoms with E-state index >= 15 is 0 Å². The van der Waals surface area contributed by atoms with E-state index in [1.54, 1.807) is 0 Å². The highest BCUT2D eigenvalue weighted by molar-refractivity contribution is 5.09. The molecule has 1 rings (SSSR count). The Morgan fingerprint density at radius 3 is 2.50 bits per heavy atom. The summed E-state index contributed by atoms with van der Waals surface area (Å²) in [6, 6.07) is 0. The standard InChI is InChI=1S/C5H11N3/c1-4-3-6-8-7-5(4)2/h6-8H,3H2,1-2H3. The van der Waals surface area contributed by atoms with Gasteiger partial charge >= 0.3 is 0 Å². The molecule has 0 amide bonds. The Bertz CT molecular complexity index is 103. The summed E-state index contributed by atoms with van der Waals surface area (Å²) in [5.74, 6) is 0. The van der Waals surface area contributed by atoms with Gasteiger partial charge in [-0.2, -0.15) is 5.53 Å². The zero-order chi connectivity index (χ0) is 5.98. The molecule has 0 aromatic rings. The molecule has 3 nitrogen and oxygen atoms in total. The van der Waals surface area contributed by atoms with Crippen LogP contribution in [0.1, 0.15) is 13.8 Å². The van der Waals surface area contributed by atoms with Crippen molar-refractivity contribution < 1.29 is 0 Å². The van der Waals surface area contributed by atoms with Crippen molar-refractivity contribution in [1.29, 1.82) is 0 Å². The summed E-state index contributed by atoms with van der Waals surface area (Å²) in [7, 11) is 0. The second kappa shape index (κ2) is 2.15. The second-order valence-corrected chi connectivity index (χ2v) is 2.01. The van der Waals surface area contributed by atoms with Gasteiger partial charge in [-0.25, -0.2) is 5.43 Å². The highest BCUT2D eigenvalue weighted by Gasteiger charge is 1.99. The summed E-state index contributed by atoms with van der Waals surface area (Å²) >= 11 is 0. The Hall–Kier alpha value is -0.540. The second-order valence-electron chi connectivity index (χ2n) is 2.01. The molecule has 0 unspecified atom stereocenters. The fourth-order valence-corrected chi connectivity index (χ4v) is 0.554. The summed E-state index contributed by atoms with van der Waals surface area (Å²) < 4.78 is 0. The van der Waals surface area contributed by atoms with Crippen LogP contribution in [0.4, 0.5) is 0 Å². The van der Waals surface area contributed by atoms with Crippen molar-refractivity contribution in [3.05, 3.63) is 11.3 Å². The lowest BCUT2D eigenvalue weighted by Gasteiger charge is -2.18. The quantitative estimate of drug-likeness (QED) is 0.410. The third kappa shape index (κ3) is 0.993. The lowest BCUT2D eigenvalue weighted by Crippen LogP contribution is -2.47. The zero-order valence-electron chi connectivity index (χ0n) is 5.21. The topological polar surface area (TPSA) is 36.1 Å². The molecule has 0 aromatic heterocycles. The van der Waals surface area contributed by atoms with Crippen LogP contribution in [-0.2, 0) is 0 Å². The molecule has 0 radical (unpaired) electrons.